The summed E-state index contributed by atoms with van der Waals surface area (Å²) in [6.45, 7) is 1.41. The van der Waals surface area contributed by atoms with Gasteiger partial charge in [0.15, 0.2) is 6.61 Å². The Morgan fingerprint density at radius 2 is 1.57 bits per heavy atom. The number of aryl methyl sites for hydroxylation is 1. The van der Waals surface area contributed by atoms with Crippen molar-refractivity contribution in [2.45, 2.75) is 6.92 Å². The summed E-state index contributed by atoms with van der Waals surface area (Å²) in [4.78, 5) is 37.0. The quantitative estimate of drug-likeness (QED) is 0.510. The van der Waals surface area contributed by atoms with Gasteiger partial charge in [-0.2, -0.15) is 0 Å². The third-order valence-electron chi connectivity index (χ3n) is 4.23. The molecule has 0 bridgehead atoms. The van der Waals surface area contributed by atoms with Gasteiger partial charge in [0, 0.05) is 15.7 Å². The number of esters is 1. The molecule has 2 amide bonds. The molecular weight excluding hydrogens is 448 g/mol. The summed E-state index contributed by atoms with van der Waals surface area (Å²) in [6.07, 6.45) is 0. The fourth-order valence-electron chi connectivity index (χ4n) is 2.72. The van der Waals surface area contributed by atoms with E-state index in [1.807, 2.05) is 19.1 Å². The first kappa shape index (κ1) is 21.3. The molecular formula is C23H19BrN2O4. The number of hydrogen-bond donors (Lipinski definition) is 2. The lowest BCUT2D eigenvalue weighted by molar-refractivity contribution is -0.119. The second-order valence-corrected chi connectivity index (χ2v) is 7.36. The van der Waals surface area contributed by atoms with Crippen LogP contribution in [0.15, 0.2) is 77.3 Å². The zero-order chi connectivity index (χ0) is 21.5. The number of ether oxygens (including phenoxy) is 1. The standard InChI is InChI=1S/C23H19BrN2O4/c1-15-13-17(24)11-12-19(15)25-21(27)14-30-23(29)18-9-5-6-10-20(18)26-22(28)16-7-3-2-4-8-16/h2-13H,14H2,1H3,(H,25,27)(H,26,28). The van der Waals surface area contributed by atoms with Gasteiger partial charge in [-0.05, 0) is 55.0 Å². The Balaban J connectivity index is 1.63. The molecule has 2 N–H and O–H groups in total. The lowest BCUT2D eigenvalue weighted by Crippen LogP contribution is -2.22. The average molecular weight is 467 g/mol. The highest BCUT2D eigenvalue weighted by molar-refractivity contribution is 9.10. The van der Waals surface area contributed by atoms with Crippen LogP contribution in [0.1, 0.15) is 26.3 Å². The molecule has 6 nitrogen and oxygen atoms in total. The van der Waals surface area contributed by atoms with Crippen molar-refractivity contribution in [3.8, 4) is 0 Å². The van der Waals surface area contributed by atoms with E-state index < -0.39 is 18.5 Å². The average Bonchev–Trinajstić information content (AvgIpc) is 2.75. The SMILES string of the molecule is Cc1cc(Br)ccc1NC(=O)COC(=O)c1ccccc1NC(=O)c1ccccc1. The lowest BCUT2D eigenvalue weighted by atomic mass is 10.1. The van der Waals surface area contributed by atoms with E-state index in [2.05, 4.69) is 26.6 Å². The molecule has 0 aromatic heterocycles. The Kier molecular flexibility index (Phi) is 6.98. The minimum absolute atomic E-state index is 0.161. The number of hydrogen-bond acceptors (Lipinski definition) is 4. The molecule has 0 saturated heterocycles. The molecule has 0 aliphatic carbocycles. The van der Waals surface area contributed by atoms with Crippen LogP contribution in [0.25, 0.3) is 0 Å². The first-order valence-corrected chi connectivity index (χ1v) is 9.92. The van der Waals surface area contributed by atoms with Crippen molar-refractivity contribution >= 4 is 45.1 Å². The molecule has 0 fully saturated rings. The summed E-state index contributed by atoms with van der Waals surface area (Å²) < 4.78 is 6.04. The highest BCUT2D eigenvalue weighted by atomic mass is 79.9. The number of para-hydroxylation sites is 1. The van der Waals surface area contributed by atoms with Crippen LogP contribution >= 0.6 is 15.9 Å². The van der Waals surface area contributed by atoms with E-state index in [0.29, 0.717) is 16.9 Å². The van der Waals surface area contributed by atoms with Crippen LogP contribution in [-0.2, 0) is 9.53 Å². The fourth-order valence-corrected chi connectivity index (χ4v) is 3.19. The molecule has 3 aromatic carbocycles. The van der Waals surface area contributed by atoms with E-state index in [0.717, 1.165) is 10.0 Å². The molecule has 152 valence electrons. The topological polar surface area (TPSA) is 84.5 Å². The van der Waals surface area contributed by atoms with E-state index in [9.17, 15) is 14.4 Å². The maximum atomic E-state index is 12.5. The number of carbonyl (C=O) groups is 3. The predicted molar refractivity (Wildman–Crippen MR) is 119 cm³/mol. The molecule has 0 heterocycles. The Bertz CT molecular complexity index is 1080. The Hall–Kier alpha value is -3.45. The molecule has 0 aliphatic heterocycles. The van der Waals surface area contributed by atoms with Gasteiger partial charge in [0.1, 0.15) is 0 Å². The molecule has 0 radical (unpaired) electrons. The van der Waals surface area contributed by atoms with E-state index in [1.54, 1.807) is 54.6 Å². The minimum Gasteiger partial charge on any atom is -0.452 e. The fraction of sp³-hybridized carbons (Fsp3) is 0.0870. The molecule has 0 atom stereocenters. The van der Waals surface area contributed by atoms with Crippen molar-refractivity contribution in [3.63, 3.8) is 0 Å². The molecule has 0 unspecified atom stereocenters. The molecule has 3 aromatic rings. The van der Waals surface area contributed by atoms with E-state index >= 15 is 0 Å². The van der Waals surface area contributed by atoms with Gasteiger partial charge < -0.3 is 15.4 Å². The summed E-state index contributed by atoms with van der Waals surface area (Å²) in [6, 6.07) is 20.6. The maximum Gasteiger partial charge on any atom is 0.340 e. The Labute approximate surface area is 182 Å². The summed E-state index contributed by atoms with van der Waals surface area (Å²) in [5.74, 6) is -1.51. The number of rotatable bonds is 6. The first-order valence-electron chi connectivity index (χ1n) is 9.12. The van der Waals surface area contributed by atoms with Gasteiger partial charge in [-0.1, -0.05) is 46.3 Å². The van der Waals surface area contributed by atoms with E-state index in [-0.39, 0.29) is 11.5 Å². The first-order chi connectivity index (χ1) is 14.4. The lowest BCUT2D eigenvalue weighted by Gasteiger charge is -2.12. The smallest absolute Gasteiger partial charge is 0.340 e. The zero-order valence-electron chi connectivity index (χ0n) is 16.1. The Morgan fingerprint density at radius 3 is 2.30 bits per heavy atom. The molecule has 0 saturated carbocycles. The second-order valence-electron chi connectivity index (χ2n) is 6.45. The van der Waals surface area contributed by atoms with Gasteiger partial charge in [0.25, 0.3) is 11.8 Å². The van der Waals surface area contributed by atoms with Crippen LogP contribution in [0.2, 0.25) is 0 Å². The highest BCUT2D eigenvalue weighted by Gasteiger charge is 2.16. The molecule has 0 aliphatic rings. The molecule has 0 spiro atoms. The van der Waals surface area contributed by atoms with E-state index in [4.69, 9.17) is 4.74 Å². The summed E-state index contributed by atoms with van der Waals surface area (Å²) in [7, 11) is 0. The number of carbonyl (C=O) groups excluding carboxylic acids is 3. The van der Waals surface area contributed by atoms with Crippen molar-refractivity contribution in [1.29, 1.82) is 0 Å². The zero-order valence-corrected chi connectivity index (χ0v) is 17.7. The summed E-state index contributed by atoms with van der Waals surface area (Å²) in [5.41, 5.74) is 2.44. The Morgan fingerprint density at radius 1 is 0.867 bits per heavy atom. The summed E-state index contributed by atoms with van der Waals surface area (Å²) >= 11 is 3.36. The van der Waals surface area contributed by atoms with Gasteiger partial charge in [-0.25, -0.2) is 4.79 Å². The van der Waals surface area contributed by atoms with Gasteiger partial charge in [-0.15, -0.1) is 0 Å². The molecule has 7 heteroatoms. The molecule has 3 rings (SSSR count). The third kappa shape index (κ3) is 5.55. The third-order valence-corrected chi connectivity index (χ3v) is 4.72. The van der Waals surface area contributed by atoms with Gasteiger partial charge in [0.05, 0.1) is 11.3 Å². The largest absolute Gasteiger partial charge is 0.452 e. The van der Waals surface area contributed by atoms with Crippen LogP contribution in [0.3, 0.4) is 0 Å². The normalized spacial score (nSPS) is 10.2. The van der Waals surface area contributed by atoms with Crippen LogP contribution < -0.4 is 10.6 Å². The number of nitrogens with one attached hydrogen (secondary N) is 2. The van der Waals surface area contributed by atoms with Gasteiger partial charge in [0.2, 0.25) is 0 Å². The molecule has 30 heavy (non-hydrogen) atoms. The van der Waals surface area contributed by atoms with Crippen molar-refractivity contribution < 1.29 is 19.1 Å². The maximum absolute atomic E-state index is 12.5. The monoisotopic (exact) mass is 466 g/mol. The van der Waals surface area contributed by atoms with Crippen molar-refractivity contribution in [3.05, 3.63) is 94.0 Å². The number of anilines is 2. The van der Waals surface area contributed by atoms with Gasteiger partial charge in [-0.3, -0.25) is 9.59 Å². The van der Waals surface area contributed by atoms with Crippen molar-refractivity contribution in [2.24, 2.45) is 0 Å². The number of amides is 2. The van der Waals surface area contributed by atoms with E-state index in [1.165, 1.54) is 6.07 Å². The van der Waals surface area contributed by atoms with Gasteiger partial charge >= 0.3 is 5.97 Å². The summed E-state index contributed by atoms with van der Waals surface area (Å²) in [5, 5.41) is 5.41. The second kappa shape index (κ2) is 9.84. The van der Waals surface area contributed by atoms with Crippen LogP contribution in [0.5, 0.6) is 0 Å². The van der Waals surface area contributed by atoms with Crippen molar-refractivity contribution in [1.82, 2.24) is 0 Å². The number of halogens is 1. The van der Waals surface area contributed by atoms with Crippen molar-refractivity contribution in [2.75, 3.05) is 17.2 Å². The van der Waals surface area contributed by atoms with Crippen LogP contribution in [0, 0.1) is 6.92 Å². The van der Waals surface area contributed by atoms with Crippen LogP contribution in [-0.4, -0.2) is 24.4 Å². The highest BCUT2D eigenvalue weighted by Crippen LogP contribution is 2.20. The predicted octanol–water partition coefficient (Wildman–Crippen LogP) is 4.81. The minimum atomic E-state index is -0.707. The number of benzene rings is 3. The van der Waals surface area contributed by atoms with Crippen LogP contribution in [0.4, 0.5) is 11.4 Å².